The van der Waals surface area contributed by atoms with Gasteiger partial charge in [0.15, 0.2) is 10.6 Å². The summed E-state index contributed by atoms with van der Waals surface area (Å²) in [5, 5.41) is 0.720. The van der Waals surface area contributed by atoms with E-state index in [-0.39, 0.29) is 5.56 Å². The standard InChI is InChI=1S/C13H12N4O2S/c1-2-17-6-5-15-11(12(17)18)20-13-16-9-7-8(14)3-4-10(9)19-13/h3-7H,2,14H2,1H3. The minimum atomic E-state index is -0.151. The number of nitrogens with zero attached hydrogens (tertiary/aromatic N) is 3. The summed E-state index contributed by atoms with van der Waals surface area (Å²) >= 11 is 1.11. The summed E-state index contributed by atoms with van der Waals surface area (Å²) in [5.41, 5.74) is 7.46. The first-order valence-electron chi connectivity index (χ1n) is 6.06. The van der Waals surface area contributed by atoms with Crippen molar-refractivity contribution in [3.05, 3.63) is 40.9 Å². The van der Waals surface area contributed by atoms with E-state index in [2.05, 4.69) is 9.97 Å². The van der Waals surface area contributed by atoms with Crippen molar-refractivity contribution in [3.63, 3.8) is 0 Å². The highest BCUT2D eigenvalue weighted by Crippen LogP contribution is 2.27. The topological polar surface area (TPSA) is 86.9 Å². The summed E-state index contributed by atoms with van der Waals surface area (Å²) < 4.78 is 7.14. The molecule has 6 nitrogen and oxygen atoms in total. The Bertz CT molecular complexity index is 825. The highest BCUT2D eigenvalue weighted by molar-refractivity contribution is 7.99. The van der Waals surface area contributed by atoms with Crippen LogP contribution in [0.3, 0.4) is 0 Å². The molecule has 0 fully saturated rings. The number of oxazole rings is 1. The van der Waals surface area contributed by atoms with Crippen LogP contribution < -0.4 is 11.3 Å². The Balaban J connectivity index is 1.99. The van der Waals surface area contributed by atoms with Crippen LogP contribution in [0, 0.1) is 0 Å². The molecule has 20 heavy (non-hydrogen) atoms. The summed E-state index contributed by atoms with van der Waals surface area (Å²) in [7, 11) is 0. The Labute approximate surface area is 118 Å². The lowest BCUT2D eigenvalue weighted by molar-refractivity contribution is 0.488. The average Bonchev–Trinajstić information content (AvgIpc) is 2.82. The SMILES string of the molecule is CCn1ccnc(Sc2nc3cc(N)ccc3o2)c1=O. The first kappa shape index (κ1) is 12.7. The molecule has 0 spiro atoms. The summed E-state index contributed by atoms with van der Waals surface area (Å²) in [6.07, 6.45) is 3.24. The van der Waals surface area contributed by atoms with E-state index in [4.69, 9.17) is 10.2 Å². The van der Waals surface area contributed by atoms with Gasteiger partial charge in [-0.2, -0.15) is 0 Å². The molecule has 0 aliphatic carbocycles. The van der Waals surface area contributed by atoms with Crippen LogP contribution in [0.4, 0.5) is 5.69 Å². The fourth-order valence-corrected chi connectivity index (χ4v) is 2.55. The summed E-state index contributed by atoms with van der Waals surface area (Å²) in [6, 6.07) is 5.23. The predicted molar refractivity (Wildman–Crippen MR) is 76.7 cm³/mol. The second-order valence-corrected chi connectivity index (χ2v) is 5.07. The Morgan fingerprint density at radius 1 is 1.45 bits per heavy atom. The number of nitrogens with two attached hydrogens (primary N) is 1. The third kappa shape index (κ3) is 2.27. The van der Waals surface area contributed by atoms with Crippen molar-refractivity contribution in [1.82, 2.24) is 14.5 Å². The van der Waals surface area contributed by atoms with Gasteiger partial charge >= 0.3 is 0 Å². The van der Waals surface area contributed by atoms with Gasteiger partial charge in [0.25, 0.3) is 10.8 Å². The van der Waals surface area contributed by atoms with Crippen molar-refractivity contribution in [2.75, 3.05) is 5.73 Å². The van der Waals surface area contributed by atoms with E-state index in [1.165, 1.54) is 0 Å². The fraction of sp³-hybridized carbons (Fsp3) is 0.154. The van der Waals surface area contributed by atoms with Crippen LogP contribution in [-0.4, -0.2) is 14.5 Å². The molecule has 0 atom stereocenters. The molecule has 0 saturated carbocycles. The van der Waals surface area contributed by atoms with E-state index in [1.807, 2.05) is 6.92 Å². The van der Waals surface area contributed by atoms with Crippen LogP contribution in [-0.2, 0) is 6.54 Å². The molecule has 0 bridgehead atoms. The number of anilines is 1. The second kappa shape index (κ2) is 5.01. The molecule has 3 aromatic rings. The lowest BCUT2D eigenvalue weighted by Crippen LogP contribution is -2.20. The molecular weight excluding hydrogens is 276 g/mol. The minimum Gasteiger partial charge on any atom is -0.431 e. The molecule has 102 valence electrons. The fourth-order valence-electron chi connectivity index (χ4n) is 1.80. The Hall–Kier alpha value is -2.28. The maximum atomic E-state index is 12.1. The number of aromatic nitrogens is 3. The van der Waals surface area contributed by atoms with Crippen LogP contribution in [0.25, 0.3) is 11.1 Å². The first-order valence-corrected chi connectivity index (χ1v) is 6.88. The van der Waals surface area contributed by atoms with Crippen molar-refractivity contribution in [1.29, 1.82) is 0 Å². The number of rotatable bonds is 3. The Morgan fingerprint density at radius 3 is 3.10 bits per heavy atom. The average molecular weight is 288 g/mol. The van der Waals surface area contributed by atoms with Crippen LogP contribution >= 0.6 is 11.8 Å². The third-order valence-corrected chi connectivity index (χ3v) is 3.62. The number of hydrogen-bond donors (Lipinski definition) is 1. The molecule has 0 radical (unpaired) electrons. The van der Waals surface area contributed by atoms with Crippen LogP contribution in [0.15, 0.2) is 50.1 Å². The van der Waals surface area contributed by atoms with Gasteiger partial charge in [0.05, 0.1) is 0 Å². The van der Waals surface area contributed by atoms with Gasteiger partial charge < -0.3 is 14.7 Å². The summed E-state index contributed by atoms with van der Waals surface area (Å²) in [6.45, 7) is 2.50. The Morgan fingerprint density at radius 2 is 2.30 bits per heavy atom. The number of hydrogen-bond acceptors (Lipinski definition) is 6. The molecule has 2 N–H and O–H groups in total. The zero-order chi connectivity index (χ0) is 14.1. The molecule has 0 amide bonds. The largest absolute Gasteiger partial charge is 0.431 e. The number of benzene rings is 1. The molecule has 0 aliphatic rings. The molecule has 0 unspecified atom stereocenters. The Kier molecular flexibility index (Phi) is 3.19. The quantitative estimate of drug-likeness (QED) is 0.743. The molecule has 3 rings (SSSR count). The van der Waals surface area contributed by atoms with Gasteiger partial charge in [-0.15, -0.1) is 0 Å². The van der Waals surface area contributed by atoms with Crippen molar-refractivity contribution < 1.29 is 4.42 Å². The van der Waals surface area contributed by atoms with Gasteiger partial charge in [-0.3, -0.25) is 4.79 Å². The van der Waals surface area contributed by atoms with Gasteiger partial charge in [0.2, 0.25) is 0 Å². The zero-order valence-corrected chi connectivity index (χ0v) is 11.6. The lowest BCUT2D eigenvalue weighted by atomic mass is 10.3. The predicted octanol–water partition coefficient (Wildman–Crippen LogP) is 2.14. The first-order chi connectivity index (χ1) is 9.67. The van der Waals surface area contributed by atoms with Crippen molar-refractivity contribution in [2.45, 2.75) is 23.7 Å². The summed E-state index contributed by atoms with van der Waals surface area (Å²) in [4.78, 5) is 20.4. The smallest absolute Gasteiger partial charge is 0.283 e. The molecule has 7 heteroatoms. The maximum absolute atomic E-state index is 12.1. The third-order valence-electron chi connectivity index (χ3n) is 2.80. The molecule has 2 heterocycles. The van der Waals surface area contributed by atoms with E-state index in [9.17, 15) is 4.79 Å². The highest BCUT2D eigenvalue weighted by atomic mass is 32.2. The van der Waals surface area contributed by atoms with E-state index < -0.39 is 0 Å². The zero-order valence-electron chi connectivity index (χ0n) is 10.7. The van der Waals surface area contributed by atoms with E-state index in [0.29, 0.717) is 33.6 Å². The lowest BCUT2D eigenvalue weighted by Gasteiger charge is -2.01. The molecule has 0 saturated heterocycles. The molecular formula is C13H12N4O2S. The number of nitrogen functional groups attached to an aromatic ring is 1. The number of fused-ring (bicyclic) bond motifs is 1. The van der Waals surface area contributed by atoms with Gasteiger partial charge in [0, 0.05) is 24.6 Å². The van der Waals surface area contributed by atoms with Crippen molar-refractivity contribution in [2.24, 2.45) is 0 Å². The van der Waals surface area contributed by atoms with Gasteiger partial charge in [-0.25, -0.2) is 9.97 Å². The molecule has 0 aliphatic heterocycles. The van der Waals surface area contributed by atoms with Crippen LogP contribution in [0.2, 0.25) is 0 Å². The molecule has 2 aromatic heterocycles. The second-order valence-electron chi connectivity index (χ2n) is 4.13. The van der Waals surface area contributed by atoms with Crippen LogP contribution in [0.5, 0.6) is 0 Å². The normalized spacial score (nSPS) is 11.1. The van der Waals surface area contributed by atoms with Gasteiger partial charge in [-0.1, -0.05) is 0 Å². The molecule has 1 aromatic carbocycles. The van der Waals surface area contributed by atoms with E-state index in [0.717, 1.165) is 11.8 Å². The minimum absolute atomic E-state index is 0.151. The van der Waals surface area contributed by atoms with Crippen LogP contribution in [0.1, 0.15) is 6.92 Å². The number of aryl methyl sites for hydroxylation is 1. The summed E-state index contributed by atoms with van der Waals surface area (Å²) in [5.74, 6) is 0. The van der Waals surface area contributed by atoms with Crippen molar-refractivity contribution in [3.8, 4) is 0 Å². The highest BCUT2D eigenvalue weighted by Gasteiger charge is 2.12. The maximum Gasteiger partial charge on any atom is 0.283 e. The van der Waals surface area contributed by atoms with E-state index in [1.54, 1.807) is 35.2 Å². The monoisotopic (exact) mass is 288 g/mol. The van der Waals surface area contributed by atoms with E-state index >= 15 is 0 Å². The van der Waals surface area contributed by atoms with Gasteiger partial charge in [0.1, 0.15) is 5.52 Å². The van der Waals surface area contributed by atoms with Crippen molar-refractivity contribution >= 4 is 28.5 Å². The van der Waals surface area contributed by atoms with Gasteiger partial charge in [-0.05, 0) is 36.9 Å².